The van der Waals surface area contributed by atoms with E-state index in [9.17, 15) is 9.90 Å². The van der Waals surface area contributed by atoms with E-state index in [1.165, 1.54) is 0 Å². The molecule has 1 aromatic heterocycles. The summed E-state index contributed by atoms with van der Waals surface area (Å²) in [5.41, 5.74) is 0.359. The van der Waals surface area contributed by atoms with Gasteiger partial charge in [0.2, 0.25) is 0 Å². The van der Waals surface area contributed by atoms with Crippen molar-refractivity contribution in [1.82, 2.24) is 0 Å². The summed E-state index contributed by atoms with van der Waals surface area (Å²) in [5, 5.41) is 10.2. The lowest BCUT2D eigenvalue weighted by Crippen LogP contribution is -2.50. The van der Waals surface area contributed by atoms with Gasteiger partial charge in [-0.1, -0.05) is 0 Å². The Hall–Kier alpha value is -1.55. The first kappa shape index (κ1) is 11.5. The van der Waals surface area contributed by atoms with Gasteiger partial charge in [-0.15, -0.1) is 0 Å². The minimum Gasteiger partial charge on any atom is -0.479 e. The van der Waals surface area contributed by atoms with Gasteiger partial charge in [-0.05, 0) is 44.8 Å². The predicted octanol–water partition coefficient (Wildman–Crippen LogP) is 2.03. The average Bonchev–Trinajstić information content (AvgIpc) is 2.29. The van der Waals surface area contributed by atoms with Gasteiger partial charge in [-0.2, -0.15) is 0 Å². The van der Waals surface area contributed by atoms with E-state index in [0.717, 1.165) is 24.8 Å². The fourth-order valence-corrected chi connectivity index (χ4v) is 2.78. The summed E-state index contributed by atoms with van der Waals surface area (Å²) in [7, 11) is 0. The Morgan fingerprint density at radius 1 is 1.50 bits per heavy atom. The SMILES string of the molecule is Cc1cc2c(c(=O)o1)C=C1CCC[C@@H](O)[C@@]1(C)O2. The van der Waals surface area contributed by atoms with Crippen LogP contribution < -0.4 is 10.4 Å². The maximum atomic E-state index is 11.8. The largest absolute Gasteiger partial charge is 0.479 e. The Morgan fingerprint density at radius 3 is 3.06 bits per heavy atom. The third-order valence-corrected chi connectivity index (χ3v) is 3.91. The Bertz CT molecular complexity index is 584. The highest BCUT2D eigenvalue weighted by Gasteiger charge is 2.44. The maximum absolute atomic E-state index is 11.8. The second kappa shape index (κ2) is 3.72. The van der Waals surface area contributed by atoms with Gasteiger partial charge in [-0.3, -0.25) is 0 Å². The number of hydrogen-bond donors (Lipinski definition) is 1. The van der Waals surface area contributed by atoms with E-state index in [2.05, 4.69) is 0 Å². The maximum Gasteiger partial charge on any atom is 0.346 e. The van der Waals surface area contributed by atoms with Gasteiger partial charge < -0.3 is 14.3 Å². The Labute approximate surface area is 105 Å². The van der Waals surface area contributed by atoms with Crippen LogP contribution >= 0.6 is 0 Å². The minimum atomic E-state index is -0.703. The first-order valence-electron chi connectivity index (χ1n) is 6.23. The van der Waals surface area contributed by atoms with E-state index in [4.69, 9.17) is 9.15 Å². The van der Waals surface area contributed by atoms with Gasteiger partial charge in [0.1, 0.15) is 17.1 Å². The van der Waals surface area contributed by atoms with Crippen molar-refractivity contribution in [2.24, 2.45) is 0 Å². The van der Waals surface area contributed by atoms with E-state index < -0.39 is 11.7 Å². The highest BCUT2D eigenvalue weighted by molar-refractivity contribution is 5.64. The second-order valence-electron chi connectivity index (χ2n) is 5.21. The first-order chi connectivity index (χ1) is 8.50. The molecule has 2 aliphatic rings. The summed E-state index contributed by atoms with van der Waals surface area (Å²) in [6.07, 6.45) is 3.78. The predicted molar refractivity (Wildman–Crippen MR) is 66.6 cm³/mol. The smallest absolute Gasteiger partial charge is 0.346 e. The van der Waals surface area contributed by atoms with Crippen LogP contribution in [0.15, 0.2) is 20.9 Å². The van der Waals surface area contributed by atoms with Crippen LogP contribution in [0.4, 0.5) is 0 Å². The van der Waals surface area contributed by atoms with Crippen molar-refractivity contribution >= 4 is 6.08 Å². The summed E-state index contributed by atoms with van der Waals surface area (Å²) in [6, 6.07) is 1.70. The molecule has 0 radical (unpaired) electrons. The van der Waals surface area contributed by atoms with E-state index in [-0.39, 0.29) is 5.63 Å². The number of aliphatic hydroxyl groups excluding tert-OH is 1. The normalized spacial score (nSPS) is 29.9. The van der Waals surface area contributed by atoms with Crippen molar-refractivity contribution in [3.8, 4) is 5.75 Å². The fraction of sp³-hybridized carbons (Fsp3) is 0.500. The van der Waals surface area contributed by atoms with Gasteiger partial charge in [0.05, 0.1) is 6.10 Å². The van der Waals surface area contributed by atoms with Gasteiger partial charge in [0, 0.05) is 6.07 Å². The summed E-state index contributed by atoms with van der Waals surface area (Å²) < 4.78 is 11.0. The number of rotatable bonds is 0. The molecule has 1 fully saturated rings. The van der Waals surface area contributed by atoms with Crippen molar-refractivity contribution < 1.29 is 14.3 Å². The van der Waals surface area contributed by atoms with Crippen LogP contribution in [0.25, 0.3) is 6.08 Å². The van der Waals surface area contributed by atoms with E-state index in [0.29, 0.717) is 17.1 Å². The molecule has 2 atom stereocenters. The average molecular weight is 248 g/mol. The third kappa shape index (κ3) is 1.52. The first-order valence-corrected chi connectivity index (χ1v) is 6.23. The van der Waals surface area contributed by atoms with Crippen LogP contribution in [0.1, 0.15) is 37.5 Å². The summed E-state index contributed by atoms with van der Waals surface area (Å²) >= 11 is 0. The highest BCUT2D eigenvalue weighted by atomic mass is 16.5. The lowest BCUT2D eigenvalue weighted by Gasteiger charge is -2.43. The molecule has 96 valence electrons. The van der Waals surface area contributed by atoms with Crippen molar-refractivity contribution in [3.63, 3.8) is 0 Å². The molecule has 3 rings (SSSR count). The third-order valence-electron chi connectivity index (χ3n) is 3.91. The van der Waals surface area contributed by atoms with Gasteiger partial charge in [-0.25, -0.2) is 4.79 Å². The van der Waals surface area contributed by atoms with Crippen LogP contribution in [0, 0.1) is 6.92 Å². The molecule has 4 nitrogen and oxygen atoms in total. The van der Waals surface area contributed by atoms with E-state index >= 15 is 0 Å². The second-order valence-corrected chi connectivity index (χ2v) is 5.21. The molecule has 1 aliphatic heterocycles. The minimum absolute atomic E-state index is 0.375. The van der Waals surface area contributed by atoms with Crippen molar-refractivity contribution in [3.05, 3.63) is 33.4 Å². The highest BCUT2D eigenvalue weighted by Crippen LogP contribution is 2.42. The quantitative estimate of drug-likeness (QED) is 0.763. The topological polar surface area (TPSA) is 59.7 Å². The Morgan fingerprint density at radius 2 is 2.28 bits per heavy atom. The molecule has 4 heteroatoms. The van der Waals surface area contributed by atoms with Crippen LogP contribution in [0.2, 0.25) is 0 Å². The molecular weight excluding hydrogens is 232 g/mol. The molecule has 1 N–H and O–H groups in total. The molecule has 0 unspecified atom stereocenters. The molecule has 1 aliphatic carbocycles. The molecule has 0 amide bonds. The molecule has 0 aromatic carbocycles. The molecule has 18 heavy (non-hydrogen) atoms. The zero-order chi connectivity index (χ0) is 12.9. The molecule has 1 saturated carbocycles. The Kier molecular flexibility index (Phi) is 2.38. The summed E-state index contributed by atoms with van der Waals surface area (Å²) in [5.74, 6) is 1.03. The number of ether oxygens (including phenoxy) is 1. The monoisotopic (exact) mass is 248 g/mol. The van der Waals surface area contributed by atoms with Crippen LogP contribution in [0.5, 0.6) is 5.75 Å². The van der Waals surface area contributed by atoms with Gasteiger partial charge >= 0.3 is 5.63 Å². The summed E-state index contributed by atoms with van der Waals surface area (Å²) in [6.45, 7) is 3.60. The zero-order valence-electron chi connectivity index (χ0n) is 10.5. The van der Waals surface area contributed by atoms with Crippen LogP contribution in [-0.2, 0) is 0 Å². The van der Waals surface area contributed by atoms with Crippen molar-refractivity contribution in [2.45, 2.75) is 44.8 Å². The molecule has 0 spiro atoms. The number of hydrogen-bond acceptors (Lipinski definition) is 4. The zero-order valence-corrected chi connectivity index (χ0v) is 10.5. The van der Waals surface area contributed by atoms with Crippen molar-refractivity contribution in [2.75, 3.05) is 0 Å². The lowest BCUT2D eigenvalue weighted by molar-refractivity contribution is -0.0357. The van der Waals surface area contributed by atoms with Gasteiger partial charge in [0.15, 0.2) is 5.60 Å². The molecule has 0 bridgehead atoms. The van der Waals surface area contributed by atoms with Gasteiger partial charge in [0.25, 0.3) is 0 Å². The number of aryl methyl sites for hydroxylation is 1. The molecule has 2 heterocycles. The fourth-order valence-electron chi connectivity index (χ4n) is 2.78. The lowest BCUT2D eigenvalue weighted by atomic mass is 9.77. The Balaban J connectivity index is 2.19. The van der Waals surface area contributed by atoms with E-state index in [1.807, 2.05) is 13.0 Å². The number of fused-ring (bicyclic) bond motifs is 2. The van der Waals surface area contributed by atoms with Crippen molar-refractivity contribution in [1.29, 1.82) is 0 Å². The van der Waals surface area contributed by atoms with Crippen LogP contribution in [-0.4, -0.2) is 16.8 Å². The standard InChI is InChI=1S/C14H16O4/c1-8-6-11-10(13(16)17-8)7-9-4-3-5-12(15)14(9,2)18-11/h6-7,12,15H,3-5H2,1-2H3/t12-,14+/m1/s1. The summed E-state index contributed by atoms with van der Waals surface area (Å²) in [4.78, 5) is 11.8. The molecule has 0 saturated heterocycles. The number of aliphatic hydroxyl groups is 1. The molecular formula is C14H16O4. The molecule has 1 aromatic rings. The van der Waals surface area contributed by atoms with Crippen LogP contribution in [0.3, 0.4) is 0 Å². The van der Waals surface area contributed by atoms with E-state index in [1.54, 1.807) is 13.0 Å².